The number of hydrogen-bond donors (Lipinski definition) is 0. The molecule has 0 heterocycles. The Kier molecular flexibility index (Phi) is 14.2. The molecule has 65 heavy (non-hydrogen) atoms. The second-order valence-corrected chi connectivity index (χ2v) is 16.6. The first-order chi connectivity index (χ1) is 28.3. The maximum absolute atomic E-state index is 16.5. The molecule has 2 aromatic carbocycles. The summed E-state index contributed by atoms with van der Waals surface area (Å²) in [7, 11) is -12.7. The van der Waals surface area contributed by atoms with Gasteiger partial charge in [-0.25, -0.2) is 61.5 Å². The first-order valence-corrected chi connectivity index (χ1v) is 17.2. The van der Waals surface area contributed by atoms with Gasteiger partial charge in [-0.2, -0.15) is 96.6 Å². The van der Waals surface area contributed by atoms with Crippen LogP contribution >= 0.6 is 0 Å². The summed E-state index contributed by atoms with van der Waals surface area (Å²) in [6.07, 6.45) is -28.5. The first kappa shape index (κ1) is 57.3. The number of rotatable bonds is 16. The van der Waals surface area contributed by atoms with Crippen LogP contribution in [-0.4, -0.2) is 78.9 Å². The van der Waals surface area contributed by atoms with E-state index in [-0.39, 0.29) is 0 Å². The third-order valence-electron chi connectivity index (χ3n) is 8.84. The smallest absolute Gasteiger partial charge is 0.204 e. The van der Waals surface area contributed by atoms with Crippen molar-refractivity contribution in [1.82, 2.24) is 0 Å². The van der Waals surface area contributed by atoms with Crippen LogP contribution in [0.2, 0.25) is 0 Å². The minimum Gasteiger partial charge on any atom is -0.204 e. The number of hydrogen-bond acceptors (Lipinski definition) is 0. The molecule has 0 nitrogen and oxygen atoms in total. The molecule has 0 aliphatic heterocycles. The van der Waals surface area contributed by atoms with Crippen molar-refractivity contribution < 1.29 is 158 Å². The Morgan fingerprint density at radius 2 is 0.415 bits per heavy atom. The molecule has 0 saturated heterocycles. The molecule has 0 spiro atoms. The highest BCUT2D eigenvalue weighted by atomic mass is 28.3. The van der Waals surface area contributed by atoms with Gasteiger partial charge in [0.25, 0.3) is 0 Å². The van der Waals surface area contributed by atoms with Crippen molar-refractivity contribution >= 4 is 18.4 Å². The van der Waals surface area contributed by atoms with Gasteiger partial charge in [0, 0.05) is 36.1 Å². The van der Waals surface area contributed by atoms with Crippen molar-refractivity contribution in [2.45, 2.75) is 96.5 Å². The van der Waals surface area contributed by atoms with Gasteiger partial charge in [-0.15, -0.1) is 0 Å². The summed E-state index contributed by atoms with van der Waals surface area (Å²) in [6, 6.07) is 0. The molecule has 2 aromatic rings. The van der Waals surface area contributed by atoms with Crippen LogP contribution in [0.25, 0.3) is 0 Å². The van der Waals surface area contributed by atoms with Crippen molar-refractivity contribution in [2.75, 3.05) is 0 Å². The molecule has 0 amide bonds. The Bertz CT molecular complexity index is 1920. The normalized spacial score (nSPS) is 15.3. The minimum absolute atomic E-state index is 3.71. The van der Waals surface area contributed by atoms with E-state index >= 15 is 70.2 Å². The van der Waals surface area contributed by atoms with Gasteiger partial charge < -0.3 is 0 Å². The second-order valence-electron chi connectivity index (χ2n) is 12.9. The first-order valence-electron chi connectivity index (χ1n) is 15.2. The number of benzene rings is 2. The SMILES string of the molecule is Fc1c(F)c(F)c([Si](c2c(F)c(F)c(F)c(F)c2F)(C(F)(F)C(F)(F)C(F)(F)C(F)(F)C(F)(F)CCC(F)(F)F)C(F)(F)C(F)(F)C(F)(F)C(F)(F)C(F)(F)CCC(F)(F)F)c(F)c1F. The lowest BCUT2D eigenvalue weighted by molar-refractivity contribution is -0.401. The molecular weight excluding hydrogens is 1050 g/mol. The van der Waals surface area contributed by atoms with Gasteiger partial charge in [-0.05, 0) is 0 Å². The summed E-state index contributed by atoms with van der Waals surface area (Å²) in [6.45, 7) is 0. The molecule has 0 aliphatic carbocycles. The van der Waals surface area contributed by atoms with E-state index in [9.17, 15) is 87.8 Å². The molecule has 0 fully saturated rings. The van der Waals surface area contributed by atoms with E-state index in [0.29, 0.717) is 0 Å². The van der Waals surface area contributed by atoms with E-state index in [0.717, 1.165) is 0 Å². The largest absolute Gasteiger partial charge is 0.389 e. The molecule has 0 aromatic heterocycles. The van der Waals surface area contributed by atoms with E-state index in [4.69, 9.17) is 0 Å². The van der Waals surface area contributed by atoms with Crippen molar-refractivity contribution in [3.8, 4) is 0 Å². The third kappa shape index (κ3) is 7.93. The lowest BCUT2D eigenvalue weighted by Gasteiger charge is -2.51. The van der Waals surface area contributed by atoms with Crippen LogP contribution in [-0.2, 0) is 0 Å². The molecule has 0 atom stereocenters. The summed E-state index contributed by atoms with van der Waals surface area (Å²) >= 11 is 0. The quantitative estimate of drug-likeness (QED) is 0.0680. The summed E-state index contributed by atoms with van der Waals surface area (Å²) in [5.41, 5.74) is -20.6. The third-order valence-corrected chi connectivity index (χ3v) is 13.7. The van der Waals surface area contributed by atoms with Gasteiger partial charge in [0.2, 0.25) is 11.6 Å². The van der Waals surface area contributed by atoms with Gasteiger partial charge in [0.1, 0.15) is 0 Å². The predicted octanol–water partition coefficient (Wildman–Crippen LogP) is 12.8. The van der Waals surface area contributed by atoms with E-state index in [2.05, 4.69) is 0 Å². The zero-order valence-electron chi connectivity index (χ0n) is 28.9. The van der Waals surface area contributed by atoms with Crippen molar-refractivity contribution in [3.63, 3.8) is 0 Å². The monoisotopic (exact) mass is 1060 g/mol. The molecule has 0 aliphatic rings. The van der Waals surface area contributed by atoms with Crippen molar-refractivity contribution in [3.05, 3.63) is 58.2 Å². The van der Waals surface area contributed by atoms with Gasteiger partial charge >= 0.3 is 78.9 Å². The van der Waals surface area contributed by atoms with E-state index < -0.39 is 173 Å². The molecule has 0 bridgehead atoms. The minimum atomic E-state index is -12.7. The van der Waals surface area contributed by atoms with Gasteiger partial charge in [0.15, 0.2) is 46.5 Å². The molecule has 0 N–H and O–H groups in total. The second kappa shape index (κ2) is 16.1. The summed E-state index contributed by atoms with van der Waals surface area (Å²) in [5.74, 6) is -123. The van der Waals surface area contributed by atoms with E-state index in [1.807, 2.05) is 0 Å². The lowest BCUT2D eigenvalue weighted by atomic mass is 9.95. The van der Waals surface area contributed by atoms with Crippen LogP contribution in [0.1, 0.15) is 25.7 Å². The van der Waals surface area contributed by atoms with Crippen LogP contribution in [0, 0.1) is 58.2 Å². The van der Waals surface area contributed by atoms with Gasteiger partial charge in [-0.3, -0.25) is 0 Å². The fourth-order valence-electron chi connectivity index (χ4n) is 5.45. The van der Waals surface area contributed by atoms with E-state index in [1.54, 1.807) is 0 Å². The summed E-state index contributed by atoms with van der Waals surface area (Å²) < 4.78 is 526. The Balaban J connectivity index is 3.75. The van der Waals surface area contributed by atoms with Crippen molar-refractivity contribution in [2.24, 2.45) is 0 Å². The molecule has 0 saturated carbocycles. The van der Waals surface area contributed by atoms with Crippen LogP contribution < -0.4 is 10.4 Å². The molecule has 2 rings (SSSR count). The van der Waals surface area contributed by atoms with Gasteiger partial charge in [0.05, 0.1) is 0 Å². The topological polar surface area (TPSA) is 0 Å². The Morgan fingerprint density at radius 1 is 0.231 bits per heavy atom. The highest BCUT2D eigenvalue weighted by Gasteiger charge is 2.99. The van der Waals surface area contributed by atoms with Crippen LogP contribution in [0.4, 0.5) is 158 Å². The molecule has 0 radical (unpaired) electrons. The Morgan fingerprint density at radius 3 is 0.600 bits per heavy atom. The Hall–Kier alpha value is -3.86. The predicted molar refractivity (Wildman–Crippen MR) is 138 cm³/mol. The van der Waals surface area contributed by atoms with Crippen LogP contribution in [0.5, 0.6) is 0 Å². The van der Waals surface area contributed by atoms with Crippen molar-refractivity contribution in [1.29, 1.82) is 0 Å². The zero-order valence-corrected chi connectivity index (χ0v) is 29.9. The molecular formula is C28H8F36Si. The van der Waals surface area contributed by atoms with Crippen LogP contribution in [0.15, 0.2) is 0 Å². The average Bonchev–Trinajstić information content (AvgIpc) is 3.14. The standard InChI is InChI=1S/C28H8F36Si/c29-5-7(31)11(35)15(12(36)8(5)32)65(16-13(37)9(33)6(30)10(34)14(16)38,27(61,62)25(57,58)23(53,54)21(49,50)17(39,40)1-3-19(43,44)45)28(63,64)26(59,60)24(55,56)22(51,52)18(41,42)2-4-20(46,47)48/h1-4H2. The highest BCUT2D eigenvalue weighted by molar-refractivity contribution is 7.06. The molecule has 37 heteroatoms. The maximum Gasteiger partial charge on any atom is 0.389 e. The van der Waals surface area contributed by atoms with Gasteiger partial charge in [-0.1, -0.05) is 0 Å². The molecule has 0 unspecified atom stereocenters. The fraction of sp³-hybridized carbons (Fsp3) is 0.571. The molecule has 376 valence electrons. The lowest BCUT2D eigenvalue weighted by Crippen LogP contribution is -2.91. The summed E-state index contributed by atoms with van der Waals surface area (Å²) in [5, 5.41) is -11.6. The fourth-order valence-corrected chi connectivity index (χ4v) is 10.4. The van der Waals surface area contributed by atoms with E-state index in [1.165, 1.54) is 0 Å². The highest BCUT2D eigenvalue weighted by Crippen LogP contribution is 2.66. The number of halogens is 36. The zero-order chi connectivity index (χ0) is 52.3. The van der Waals surface area contributed by atoms with Crippen LogP contribution in [0.3, 0.4) is 0 Å². The number of alkyl halides is 26. The maximum atomic E-state index is 16.5. The Labute approximate surface area is 332 Å². The summed E-state index contributed by atoms with van der Waals surface area (Å²) in [4.78, 5) is 0. The average molecular weight is 1060 g/mol.